The minimum Gasteiger partial charge on any atom is -0.456 e. The number of rotatable bonds is 3. The third kappa shape index (κ3) is 3.00. The molecular weight excluding hydrogens is 330 g/mol. The molecule has 4 rings (SSSR count). The lowest BCUT2D eigenvalue weighted by molar-refractivity contribution is -0.138. The second-order valence-corrected chi connectivity index (χ2v) is 7.36. The molecule has 1 atom stereocenters. The van der Waals surface area contributed by atoms with Gasteiger partial charge >= 0.3 is 0 Å². The molecule has 26 heavy (non-hydrogen) atoms. The molecule has 2 amide bonds. The Hall–Kier alpha value is -2.63. The van der Waals surface area contributed by atoms with Crippen molar-refractivity contribution >= 4 is 11.8 Å². The van der Waals surface area contributed by atoms with Crippen LogP contribution in [0, 0.1) is 12.3 Å². The van der Waals surface area contributed by atoms with E-state index in [1.54, 1.807) is 29.4 Å². The SMILES string of the molecule is Cc1ccc(C(=O)N2CCC[C@]3(CCN(Cc4cccnc4)C3=O)C2)o1. The molecule has 2 aliphatic rings. The number of piperidine rings is 1. The number of hydrogen-bond donors (Lipinski definition) is 0. The van der Waals surface area contributed by atoms with Crippen molar-refractivity contribution in [3.63, 3.8) is 0 Å². The fourth-order valence-electron chi connectivity index (χ4n) is 4.14. The molecule has 4 heterocycles. The van der Waals surface area contributed by atoms with E-state index in [1.165, 1.54) is 0 Å². The van der Waals surface area contributed by atoms with E-state index in [4.69, 9.17) is 4.42 Å². The molecular formula is C20H23N3O3. The van der Waals surface area contributed by atoms with Crippen LogP contribution < -0.4 is 0 Å². The Labute approximate surface area is 152 Å². The maximum absolute atomic E-state index is 13.1. The van der Waals surface area contributed by atoms with Gasteiger partial charge < -0.3 is 14.2 Å². The zero-order chi connectivity index (χ0) is 18.1. The van der Waals surface area contributed by atoms with E-state index in [9.17, 15) is 9.59 Å². The van der Waals surface area contributed by atoms with Crippen molar-refractivity contribution in [2.75, 3.05) is 19.6 Å². The summed E-state index contributed by atoms with van der Waals surface area (Å²) in [6.07, 6.45) is 6.02. The molecule has 2 aromatic heterocycles. The van der Waals surface area contributed by atoms with Crippen LogP contribution in [0.1, 0.15) is 41.1 Å². The molecule has 136 valence electrons. The average Bonchev–Trinajstić information content (AvgIpc) is 3.22. The topological polar surface area (TPSA) is 66.7 Å². The molecule has 6 nitrogen and oxygen atoms in total. The monoisotopic (exact) mass is 353 g/mol. The van der Waals surface area contributed by atoms with Gasteiger partial charge in [0.2, 0.25) is 5.91 Å². The van der Waals surface area contributed by atoms with Crippen LogP contribution in [-0.2, 0) is 11.3 Å². The third-order valence-electron chi connectivity index (χ3n) is 5.51. The molecule has 0 aromatic carbocycles. The van der Waals surface area contributed by atoms with E-state index in [2.05, 4.69) is 4.98 Å². The highest BCUT2D eigenvalue weighted by Gasteiger charge is 2.49. The summed E-state index contributed by atoms with van der Waals surface area (Å²) in [7, 11) is 0. The van der Waals surface area contributed by atoms with Crippen LogP contribution in [0.2, 0.25) is 0 Å². The molecule has 2 aromatic rings. The molecule has 6 heteroatoms. The summed E-state index contributed by atoms with van der Waals surface area (Å²) in [6, 6.07) is 7.38. The molecule has 0 unspecified atom stereocenters. The van der Waals surface area contributed by atoms with Crippen LogP contribution in [0.4, 0.5) is 0 Å². The van der Waals surface area contributed by atoms with Crippen LogP contribution in [0.3, 0.4) is 0 Å². The van der Waals surface area contributed by atoms with E-state index in [0.29, 0.717) is 25.4 Å². The number of carbonyl (C=O) groups excluding carboxylic acids is 2. The van der Waals surface area contributed by atoms with Crippen LogP contribution in [0.25, 0.3) is 0 Å². The van der Waals surface area contributed by atoms with Gasteiger partial charge in [0.25, 0.3) is 5.91 Å². The molecule has 2 saturated heterocycles. The highest BCUT2D eigenvalue weighted by molar-refractivity contribution is 5.93. The lowest BCUT2D eigenvalue weighted by atomic mass is 9.78. The maximum atomic E-state index is 13.1. The van der Waals surface area contributed by atoms with Gasteiger partial charge in [0.15, 0.2) is 5.76 Å². The van der Waals surface area contributed by atoms with Crippen molar-refractivity contribution in [1.29, 1.82) is 0 Å². The van der Waals surface area contributed by atoms with Crippen LogP contribution >= 0.6 is 0 Å². The molecule has 0 radical (unpaired) electrons. The normalized spacial score (nSPS) is 23.0. The van der Waals surface area contributed by atoms with Gasteiger partial charge in [-0.3, -0.25) is 14.6 Å². The standard InChI is InChI=1S/C20H23N3O3/c1-15-5-6-17(26-15)18(24)23-10-3-7-20(14-23)8-11-22(19(20)25)13-16-4-2-9-21-12-16/h2,4-6,9,12H,3,7-8,10-11,13-14H2,1H3/t20-/m0/s1. The summed E-state index contributed by atoms with van der Waals surface area (Å²) in [4.78, 5) is 33.7. The highest BCUT2D eigenvalue weighted by Crippen LogP contribution is 2.41. The number of aromatic nitrogens is 1. The molecule has 2 fully saturated rings. The van der Waals surface area contributed by atoms with Crippen molar-refractivity contribution in [2.24, 2.45) is 5.41 Å². The zero-order valence-corrected chi connectivity index (χ0v) is 15.0. The summed E-state index contributed by atoms with van der Waals surface area (Å²) in [5, 5.41) is 0. The number of hydrogen-bond acceptors (Lipinski definition) is 4. The summed E-state index contributed by atoms with van der Waals surface area (Å²) in [5.74, 6) is 1.13. The van der Waals surface area contributed by atoms with Crippen LogP contribution in [-0.4, -0.2) is 46.2 Å². The summed E-state index contributed by atoms with van der Waals surface area (Å²) in [6.45, 7) is 4.30. The summed E-state index contributed by atoms with van der Waals surface area (Å²) >= 11 is 0. The predicted octanol–water partition coefficient (Wildman–Crippen LogP) is 2.64. The van der Waals surface area contributed by atoms with Crippen LogP contribution in [0.15, 0.2) is 41.1 Å². The highest BCUT2D eigenvalue weighted by atomic mass is 16.3. The first-order valence-corrected chi connectivity index (χ1v) is 9.11. The number of pyridine rings is 1. The van der Waals surface area contributed by atoms with E-state index in [0.717, 1.165) is 37.1 Å². The van der Waals surface area contributed by atoms with Gasteiger partial charge in [0, 0.05) is 38.6 Å². The Balaban J connectivity index is 1.48. The van der Waals surface area contributed by atoms with Gasteiger partial charge in [-0.2, -0.15) is 0 Å². The average molecular weight is 353 g/mol. The van der Waals surface area contributed by atoms with Crippen molar-refractivity contribution < 1.29 is 14.0 Å². The number of likely N-dealkylation sites (tertiary alicyclic amines) is 2. The Bertz CT molecular complexity index is 817. The largest absolute Gasteiger partial charge is 0.456 e. The predicted molar refractivity (Wildman–Crippen MR) is 95.3 cm³/mol. The first-order valence-electron chi connectivity index (χ1n) is 9.11. The van der Waals surface area contributed by atoms with Gasteiger partial charge in [-0.25, -0.2) is 0 Å². The first-order chi connectivity index (χ1) is 12.6. The molecule has 0 aliphatic carbocycles. The zero-order valence-electron chi connectivity index (χ0n) is 15.0. The second-order valence-electron chi connectivity index (χ2n) is 7.36. The van der Waals surface area contributed by atoms with Gasteiger partial charge in [-0.15, -0.1) is 0 Å². The molecule has 0 bridgehead atoms. The van der Waals surface area contributed by atoms with Crippen molar-refractivity contribution in [3.05, 3.63) is 53.7 Å². The first kappa shape index (κ1) is 16.8. The summed E-state index contributed by atoms with van der Waals surface area (Å²) in [5.41, 5.74) is 0.588. The Kier molecular flexibility index (Phi) is 4.26. The minimum absolute atomic E-state index is 0.115. The number of nitrogens with zero attached hydrogens (tertiary/aromatic N) is 3. The van der Waals surface area contributed by atoms with Crippen LogP contribution in [0.5, 0.6) is 0 Å². The number of furan rings is 1. The molecule has 2 aliphatic heterocycles. The summed E-state index contributed by atoms with van der Waals surface area (Å²) < 4.78 is 5.48. The van der Waals surface area contributed by atoms with Crippen molar-refractivity contribution in [1.82, 2.24) is 14.8 Å². The van der Waals surface area contributed by atoms with Gasteiger partial charge in [0.1, 0.15) is 5.76 Å². The molecule has 0 N–H and O–H groups in total. The second kappa shape index (κ2) is 6.59. The maximum Gasteiger partial charge on any atom is 0.289 e. The van der Waals surface area contributed by atoms with E-state index >= 15 is 0 Å². The van der Waals surface area contributed by atoms with Crippen molar-refractivity contribution in [2.45, 2.75) is 32.7 Å². The third-order valence-corrected chi connectivity index (χ3v) is 5.51. The smallest absolute Gasteiger partial charge is 0.289 e. The Morgan fingerprint density at radius 1 is 1.27 bits per heavy atom. The number of aryl methyl sites for hydroxylation is 1. The Morgan fingerprint density at radius 2 is 2.15 bits per heavy atom. The lowest BCUT2D eigenvalue weighted by Crippen LogP contribution is -2.49. The molecule has 0 saturated carbocycles. The number of amides is 2. The van der Waals surface area contributed by atoms with Crippen molar-refractivity contribution in [3.8, 4) is 0 Å². The van der Waals surface area contributed by atoms with E-state index in [-0.39, 0.29) is 11.8 Å². The van der Waals surface area contributed by atoms with Gasteiger partial charge in [-0.1, -0.05) is 6.07 Å². The fraction of sp³-hybridized carbons (Fsp3) is 0.450. The van der Waals surface area contributed by atoms with Gasteiger partial charge in [0.05, 0.1) is 5.41 Å². The lowest BCUT2D eigenvalue weighted by Gasteiger charge is -2.38. The fourth-order valence-corrected chi connectivity index (χ4v) is 4.14. The van der Waals surface area contributed by atoms with Gasteiger partial charge in [-0.05, 0) is 49.9 Å². The minimum atomic E-state index is -0.447. The van der Waals surface area contributed by atoms with E-state index in [1.807, 2.05) is 24.0 Å². The Morgan fingerprint density at radius 3 is 2.88 bits per heavy atom. The quantitative estimate of drug-likeness (QED) is 0.851. The van der Waals surface area contributed by atoms with E-state index < -0.39 is 5.41 Å². The molecule has 1 spiro atoms. The number of carbonyl (C=O) groups is 2.